The highest BCUT2D eigenvalue weighted by Crippen LogP contribution is 2.53. The Balaban J connectivity index is 2.96. The van der Waals surface area contributed by atoms with Gasteiger partial charge in [-0.25, -0.2) is 4.79 Å². The molecule has 7 N–H and O–H groups in total. The van der Waals surface area contributed by atoms with Crippen LogP contribution in [0.4, 0.5) is 0 Å². The van der Waals surface area contributed by atoms with Crippen LogP contribution in [-0.2, 0) is 9.59 Å². The summed E-state index contributed by atoms with van der Waals surface area (Å²) in [5.74, 6) is -4.04. The standard InChI is InChI=1S/C23H26Cl2O9S/c1-11(10-26)7-13(3-6-18(27)28)19(14-8-12(2)22(29)15(9-14)23(30)31)20-16(24)4-5-17(21(20)25)35(32,33)34/h3-5,7-9,14,18-19,26-28,32-34H,6,10H2,1-2H3,(H,30,31)/b11-7-,13-3+. The van der Waals surface area contributed by atoms with E-state index in [-0.39, 0.29) is 34.2 Å². The summed E-state index contributed by atoms with van der Waals surface area (Å²) in [6.07, 6.45) is 3.60. The first-order valence-electron chi connectivity index (χ1n) is 10.2. The van der Waals surface area contributed by atoms with Gasteiger partial charge in [-0.2, -0.15) is 0 Å². The van der Waals surface area contributed by atoms with Crippen molar-refractivity contribution in [3.8, 4) is 0 Å². The van der Waals surface area contributed by atoms with Crippen molar-refractivity contribution in [2.24, 2.45) is 5.92 Å². The molecule has 1 aromatic carbocycles. The predicted octanol–water partition coefficient (Wildman–Crippen LogP) is 4.38. The van der Waals surface area contributed by atoms with Gasteiger partial charge in [0.25, 0.3) is 0 Å². The van der Waals surface area contributed by atoms with Gasteiger partial charge >= 0.3 is 5.97 Å². The molecule has 2 unspecified atom stereocenters. The number of ketones is 1. The highest BCUT2D eigenvalue weighted by Gasteiger charge is 2.35. The van der Waals surface area contributed by atoms with Crippen molar-refractivity contribution in [2.45, 2.75) is 37.4 Å². The van der Waals surface area contributed by atoms with E-state index in [1.165, 1.54) is 37.3 Å². The predicted molar refractivity (Wildman–Crippen MR) is 133 cm³/mol. The van der Waals surface area contributed by atoms with Gasteiger partial charge in [0.15, 0.2) is 12.1 Å². The molecule has 0 saturated heterocycles. The van der Waals surface area contributed by atoms with E-state index >= 15 is 0 Å². The number of rotatable bonds is 9. The summed E-state index contributed by atoms with van der Waals surface area (Å²) in [6.45, 7) is 2.66. The largest absolute Gasteiger partial charge is 0.478 e. The fourth-order valence-electron chi connectivity index (χ4n) is 3.73. The second kappa shape index (κ2) is 11.8. The van der Waals surface area contributed by atoms with Crippen LogP contribution in [0.25, 0.3) is 0 Å². The van der Waals surface area contributed by atoms with Gasteiger partial charge in [0, 0.05) is 23.3 Å². The van der Waals surface area contributed by atoms with Crippen molar-refractivity contribution in [3.05, 3.63) is 74.3 Å². The summed E-state index contributed by atoms with van der Waals surface area (Å²) in [6, 6.07) is 2.39. The number of aliphatic carboxylic acids is 1. The lowest BCUT2D eigenvalue weighted by atomic mass is 9.75. The maximum Gasteiger partial charge on any atom is 0.339 e. The summed E-state index contributed by atoms with van der Waals surface area (Å²) >= 11 is 13.0. The van der Waals surface area contributed by atoms with E-state index < -0.39 is 51.2 Å². The van der Waals surface area contributed by atoms with Crippen LogP contribution in [0.5, 0.6) is 0 Å². The van der Waals surface area contributed by atoms with Gasteiger partial charge < -0.3 is 34.1 Å². The number of aliphatic hydroxyl groups excluding tert-OH is 2. The van der Waals surface area contributed by atoms with Gasteiger partial charge in [-0.05, 0) is 48.3 Å². The molecule has 12 heteroatoms. The Bertz CT molecular complexity index is 1130. The first-order chi connectivity index (χ1) is 16.2. The number of benzene rings is 1. The molecule has 1 aliphatic rings. The monoisotopic (exact) mass is 548 g/mol. The van der Waals surface area contributed by atoms with Crippen LogP contribution in [0.1, 0.15) is 31.7 Å². The van der Waals surface area contributed by atoms with Crippen molar-refractivity contribution >= 4 is 45.8 Å². The molecule has 192 valence electrons. The third-order valence-electron chi connectivity index (χ3n) is 5.30. The molecule has 0 aliphatic heterocycles. The maximum atomic E-state index is 12.4. The first-order valence-corrected chi connectivity index (χ1v) is 12.5. The van der Waals surface area contributed by atoms with Gasteiger partial charge in [-0.3, -0.25) is 4.79 Å². The molecule has 2 atom stereocenters. The lowest BCUT2D eigenvalue weighted by Crippen LogP contribution is -2.23. The Morgan fingerprint density at radius 1 is 1.17 bits per heavy atom. The molecule has 0 radical (unpaired) electrons. The highest BCUT2D eigenvalue weighted by atomic mass is 35.5. The van der Waals surface area contributed by atoms with Crippen LogP contribution in [0.15, 0.2) is 63.6 Å². The Labute approximate surface area is 213 Å². The van der Waals surface area contributed by atoms with E-state index in [1.54, 1.807) is 6.92 Å². The van der Waals surface area contributed by atoms with E-state index in [0.717, 1.165) is 6.07 Å². The number of carbonyl (C=O) groups is 2. The van der Waals surface area contributed by atoms with E-state index in [2.05, 4.69) is 0 Å². The smallest absolute Gasteiger partial charge is 0.339 e. The topological polar surface area (TPSA) is 176 Å². The van der Waals surface area contributed by atoms with Gasteiger partial charge in [0.05, 0.1) is 16.5 Å². The van der Waals surface area contributed by atoms with Crippen LogP contribution in [0.3, 0.4) is 0 Å². The van der Waals surface area contributed by atoms with E-state index in [1.807, 2.05) is 0 Å². The molecule has 0 aromatic heterocycles. The maximum absolute atomic E-state index is 12.4. The minimum atomic E-state index is -4.28. The average Bonchev–Trinajstić information content (AvgIpc) is 2.74. The van der Waals surface area contributed by atoms with Crippen LogP contribution in [-0.4, -0.2) is 58.7 Å². The summed E-state index contributed by atoms with van der Waals surface area (Å²) in [5.41, 5.74) is 0.436. The van der Waals surface area contributed by atoms with Crippen molar-refractivity contribution in [3.63, 3.8) is 0 Å². The van der Waals surface area contributed by atoms with Crippen molar-refractivity contribution in [2.75, 3.05) is 6.61 Å². The minimum absolute atomic E-state index is 0.0196. The molecule has 0 fully saturated rings. The minimum Gasteiger partial charge on any atom is -0.478 e. The number of hydrogen-bond donors (Lipinski definition) is 7. The number of aliphatic hydroxyl groups is 3. The van der Waals surface area contributed by atoms with Crippen LogP contribution >= 0.6 is 34.1 Å². The molecule has 0 heterocycles. The molecule has 0 saturated carbocycles. The van der Waals surface area contributed by atoms with Gasteiger partial charge in [0.2, 0.25) is 0 Å². The van der Waals surface area contributed by atoms with Gasteiger partial charge in [0.1, 0.15) is 16.4 Å². The number of allylic oxidation sites excluding steroid dienone is 5. The second-order valence-electron chi connectivity index (χ2n) is 7.98. The molecule has 2 rings (SSSR count). The fraction of sp³-hybridized carbons (Fsp3) is 0.304. The fourth-order valence-corrected chi connectivity index (χ4v) is 5.25. The summed E-state index contributed by atoms with van der Waals surface area (Å²) < 4.78 is 29.6. The molecule has 1 aliphatic carbocycles. The van der Waals surface area contributed by atoms with Crippen LogP contribution in [0, 0.1) is 5.92 Å². The molecular weight excluding hydrogens is 523 g/mol. The van der Waals surface area contributed by atoms with Crippen molar-refractivity contribution in [1.82, 2.24) is 0 Å². The first kappa shape index (κ1) is 29.2. The summed E-state index contributed by atoms with van der Waals surface area (Å²) in [5, 5.41) is 37.8. The zero-order valence-electron chi connectivity index (χ0n) is 18.7. The molecule has 1 aromatic rings. The third-order valence-corrected chi connectivity index (χ3v) is 7.08. The Kier molecular flexibility index (Phi) is 9.88. The molecular formula is C23H26Cl2O9S. The average molecular weight is 549 g/mol. The second-order valence-corrected chi connectivity index (χ2v) is 10.2. The van der Waals surface area contributed by atoms with Crippen LogP contribution in [0.2, 0.25) is 10.0 Å². The Morgan fingerprint density at radius 2 is 1.80 bits per heavy atom. The summed E-state index contributed by atoms with van der Waals surface area (Å²) in [7, 11) is -4.28. The number of hydrogen-bond acceptors (Lipinski definition) is 8. The Hall–Kier alpha value is -1.99. The molecule has 0 bridgehead atoms. The SMILES string of the molecule is CC1=CC(C(C(/C=C(/C)CO)=C/CC(O)O)c2c(Cl)ccc(S(O)(O)O)c2Cl)C=C(C(=O)O)C1=O. The zero-order chi connectivity index (χ0) is 26.7. The summed E-state index contributed by atoms with van der Waals surface area (Å²) in [4.78, 5) is 23.7. The number of carboxylic acid groups (broad SMARTS) is 1. The number of Topliss-reactive ketones (excluding diaryl/α,β-unsaturated/α-hetero) is 1. The molecule has 35 heavy (non-hydrogen) atoms. The van der Waals surface area contributed by atoms with Crippen LogP contribution < -0.4 is 0 Å². The number of carbonyl (C=O) groups excluding carboxylic acids is 1. The van der Waals surface area contributed by atoms with Crippen molar-refractivity contribution in [1.29, 1.82) is 0 Å². The molecule has 0 spiro atoms. The van der Waals surface area contributed by atoms with Gasteiger partial charge in [-0.15, -0.1) is 0 Å². The van der Waals surface area contributed by atoms with E-state index in [0.29, 0.717) is 11.1 Å². The normalized spacial score (nSPS) is 18.9. The number of halogens is 2. The van der Waals surface area contributed by atoms with E-state index in [4.69, 9.17) is 23.2 Å². The lowest BCUT2D eigenvalue weighted by Gasteiger charge is -2.31. The zero-order valence-corrected chi connectivity index (χ0v) is 21.0. The number of carboxylic acids is 1. The van der Waals surface area contributed by atoms with Gasteiger partial charge in [-0.1, -0.05) is 47.5 Å². The molecule has 9 nitrogen and oxygen atoms in total. The van der Waals surface area contributed by atoms with Crippen molar-refractivity contribution < 1.29 is 43.7 Å². The molecule has 0 amide bonds. The quantitative estimate of drug-likeness (QED) is 0.134. The third kappa shape index (κ3) is 7.04. The lowest BCUT2D eigenvalue weighted by molar-refractivity contribution is -0.134. The van der Waals surface area contributed by atoms with E-state index in [9.17, 15) is 43.7 Å². The highest BCUT2D eigenvalue weighted by molar-refractivity contribution is 8.19. The Morgan fingerprint density at radius 3 is 2.31 bits per heavy atom.